The maximum atomic E-state index is 13.6. The number of carbonyl (C=O) groups is 1. The Labute approximate surface area is 195 Å². The summed E-state index contributed by atoms with van der Waals surface area (Å²) in [7, 11) is -4.06. The van der Waals surface area contributed by atoms with Crippen LogP contribution in [0.3, 0.4) is 0 Å². The van der Waals surface area contributed by atoms with E-state index in [1.807, 2.05) is 0 Å². The largest absolute Gasteiger partial charge is 0.573 e. The van der Waals surface area contributed by atoms with Crippen molar-refractivity contribution in [3.05, 3.63) is 48.5 Å². The molecule has 2 fully saturated rings. The summed E-state index contributed by atoms with van der Waals surface area (Å²) in [6.07, 6.45) is -2.15. The molecule has 0 bridgehead atoms. The van der Waals surface area contributed by atoms with Gasteiger partial charge in [0.1, 0.15) is 17.2 Å². The highest BCUT2D eigenvalue weighted by Gasteiger charge is 2.59. The highest BCUT2D eigenvalue weighted by atomic mass is 32.2. The van der Waals surface area contributed by atoms with E-state index < -0.39 is 26.9 Å². The van der Waals surface area contributed by atoms with Crippen molar-refractivity contribution in [2.45, 2.75) is 48.1 Å². The van der Waals surface area contributed by atoms with E-state index in [1.54, 1.807) is 0 Å². The van der Waals surface area contributed by atoms with Crippen LogP contribution in [0, 0.1) is 5.41 Å². The predicted octanol–water partition coefficient (Wildman–Crippen LogP) is 3.93. The van der Waals surface area contributed by atoms with E-state index >= 15 is 0 Å². The van der Waals surface area contributed by atoms with Crippen molar-refractivity contribution in [2.75, 3.05) is 13.1 Å². The van der Waals surface area contributed by atoms with Crippen LogP contribution in [0.1, 0.15) is 32.1 Å². The summed E-state index contributed by atoms with van der Waals surface area (Å²) in [5.41, 5.74) is 5.48. The number of amides is 1. The highest BCUT2D eigenvalue weighted by Crippen LogP contribution is 2.54. The first-order valence-corrected chi connectivity index (χ1v) is 12.3. The van der Waals surface area contributed by atoms with Crippen LogP contribution in [0.2, 0.25) is 0 Å². The molecule has 1 atom stereocenters. The maximum absolute atomic E-state index is 13.6. The van der Waals surface area contributed by atoms with Gasteiger partial charge in [0.2, 0.25) is 5.91 Å². The molecule has 1 unspecified atom stereocenters. The third-order valence-electron chi connectivity index (χ3n) is 6.77. The van der Waals surface area contributed by atoms with E-state index in [2.05, 4.69) is 10.1 Å². The molecule has 1 aliphatic carbocycles. The van der Waals surface area contributed by atoms with Crippen LogP contribution in [0.5, 0.6) is 17.2 Å². The number of carbonyl (C=O) groups excluding carboxylic acids is 1. The van der Waals surface area contributed by atoms with Gasteiger partial charge in [-0.3, -0.25) is 4.79 Å². The number of halogens is 3. The molecule has 3 N–H and O–H groups in total. The van der Waals surface area contributed by atoms with Gasteiger partial charge >= 0.3 is 6.36 Å². The summed E-state index contributed by atoms with van der Waals surface area (Å²) in [6.45, 7) is 1.56. The molecule has 0 radical (unpaired) electrons. The Kier molecular flexibility index (Phi) is 6.28. The first-order chi connectivity index (χ1) is 15.9. The summed E-state index contributed by atoms with van der Waals surface area (Å²) in [4.78, 5) is 12.5. The normalized spacial score (nSPS) is 22.4. The lowest BCUT2D eigenvalue weighted by molar-refractivity contribution is -0.274. The fourth-order valence-corrected chi connectivity index (χ4v) is 7.04. The van der Waals surface area contributed by atoms with Gasteiger partial charge in [0.25, 0.3) is 0 Å². The van der Waals surface area contributed by atoms with Gasteiger partial charge < -0.3 is 20.5 Å². The molecule has 2 aromatic carbocycles. The summed E-state index contributed by atoms with van der Waals surface area (Å²) >= 11 is 0. The Bertz CT molecular complexity index is 1140. The van der Waals surface area contributed by atoms with Crippen LogP contribution in [0.4, 0.5) is 13.2 Å². The van der Waals surface area contributed by atoms with Crippen LogP contribution >= 0.6 is 0 Å². The van der Waals surface area contributed by atoms with E-state index in [9.17, 15) is 26.4 Å². The minimum atomic E-state index is -4.79. The van der Waals surface area contributed by atoms with Crippen molar-refractivity contribution < 1.29 is 35.9 Å². The number of alkyl halides is 3. The molecule has 4 rings (SSSR count). The number of rotatable bonds is 6. The second kappa shape index (κ2) is 8.77. The second-order valence-corrected chi connectivity index (χ2v) is 11.1. The van der Waals surface area contributed by atoms with Crippen LogP contribution < -0.4 is 20.5 Å². The molecule has 1 saturated carbocycles. The zero-order valence-corrected chi connectivity index (χ0v) is 19.0. The van der Waals surface area contributed by atoms with Crippen molar-refractivity contribution in [2.24, 2.45) is 11.1 Å². The highest BCUT2D eigenvalue weighted by molar-refractivity contribution is 7.93. The van der Waals surface area contributed by atoms with Crippen molar-refractivity contribution in [1.29, 1.82) is 0 Å². The van der Waals surface area contributed by atoms with Crippen molar-refractivity contribution >= 4 is 15.7 Å². The van der Waals surface area contributed by atoms with E-state index in [1.165, 1.54) is 36.4 Å². The number of primary amides is 1. The summed E-state index contributed by atoms with van der Waals surface area (Å²) < 4.78 is 71.8. The number of piperidine rings is 1. The minimum absolute atomic E-state index is 0.0291. The SMILES string of the molecule is NC(=O)C1(S(=O)(=O)c2ccc(Oc3ccc(OC(F)(F)F)cc3)cc2)CCC2(CCNCC2)C1. The molecule has 1 amide bonds. The van der Waals surface area contributed by atoms with Crippen LogP contribution in [-0.4, -0.2) is 38.5 Å². The summed E-state index contributed by atoms with van der Waals surface area (Å²) in [5.74, 6) is -0.703. The zero-order valence-electron chi connectivity index (χ0n) is 18.2. The molecule has 1 aliphatic heterocycles. The average Bonchev–Trinajstić information content (AvgIpc) is 3.16. The summed E-state index contributed by atoms with van der Waals surface area (Å²) in [6, 6.07) is 10.4. The predicted molar refractivity (Wildman–Crippen MR) is 117 cm³/mol. The topological polar surface area (TPSA) is 108 Å². The van der Waals surface area contributed by atoms with E-state index in [0.29, 0.717) is 6.42 Å². The Hall–Kier alpha value is -2.79. The number of benzene rings is 2. The van der Waals surface area contributed by atoms with Gasteiger partial charge in [-0.25, -0.2) is 8.42 Å². The van der Waals surface area contributed by atoms with Gasteiger partial charge in [0, 0.05) is 0 Å². The minimum Gasteiger partial charge on any atom is -0.457 e. The van der Waals surface area contributed by atoms with E-state index in [0.717, 1.165) is 38.1 Å². The third kappa shape index (κ3) is 4.72. The molecule has 11 heteroatoms. The molecule has 7 nitrogen and oxygen atoms in total. The molecular weight excluding hydrogens is 473 g/mol. The Morgan fingerprint density at radius 1 is 0.882 bits per heavy atom. The number of nitrogens with one attached hydrogen (secondary N) is 1. The van der Waals surface area contributed by atoms with E-state index in [-0.39, 0.29) is 40.4 Å². The fourth-order valence-electron chi connectivity index (χ4n) is 4.96. The number of ether oxygens (including phenoxy) is 2. The fraction of sp³-hybridized carbons (Fsp3) is 0.435. The van der Waals surface area contributed by atoms with Gasteiger partial charge in [0.05, 0.1) is 4.90 Å². The van der Waals surface area contributed by atoms with Crippen molar-refractivity contribution in [1.82, 2.24) is 5.32 Å². The molecular formula is C23H25F3N2O5S. The molecule has 2 aliphatic rings. The Morgan fingerprint density at radius 3 is 1.94 bits per heavy atom. The number of sulfone groups is 1. The molecule has 184 valence electrons. The monoisotopic (exact) mass is 498 g/mol. The lowest BCUT2D eigenvalue weighted by atomic mass is 9.77. The lowest BCUT2D eigenvalue weighted by Crippen LogP contribution is -2.50. The third-order valence-corrected chi connectivity index (χ3v) is 9.25. The zero-order chi connectivity index (χ0) is 24.6. The first-order valence-electron chi connectivity index (χ1n) is 10.8. The van der Waals surface area contributed by atoms with Gasteiger partial charge in [-0.05, 0) is 99.1 Å². The number of hydrogen-bond acceptors (Lipinski definition) is 6. The molecule has 1 heterocycles. The quantitative estimate of drug-likeness (QED) is 0.625. The average molecular weight is 499 g/mol. The van der Waals surface area contributed by atoms with Gasteiger partial charge in [0.15, 0.2) is 14.6 Å². The Balaban J connectivity index is 1.51. The van der Waals surface area contributed by atoms with Crippen LogP contribution in [-0.2, 0) is 14.6 Å². The molecule has 0 aromatic heterocycles. The van der Waals surface area contributed by atoms with E-state index in [4.69, 9.17) is 10.5 Å². The number of hydrogen-bond donors (Lipinski definition) is 2. The Morgan fingerprint density at radius 2 is 1.41 bits per heavy atom. The smallest absolute Gasteiger partial charge is 0.457 e. The van der Waals surface area contributed by atoms with Crippen molar-refractivity contribution in [3.8, 4) is 17.2 Å². The molecule has 34 heavy (non-hydrogen) atoms. The molecule has 2 aromatic rings. The second-order valence-electron chi connectivity index (χ2n) is 8.88. The standard InChI is InChI=1S/C23H25F3N2O5S/c24-23(25,26)33-18-3-1-16(2-4-18)32-17-5-7-19(8-6-17)34(30,31)22(20(27)29)10-9-21(15-22)11-13-28-14-12-21/h1-8,28H,9-15H2,(H2,27,29). The van der Waals surface area contributed by atoms with Gasteiger partial charge in [-0.1, -0.05) is 0 Å². The molecule has 1 saturated heterocycles. The number of nitrogens with two attached hydrogens (primary N) is 1. The maximum Gasteiger partial charge on any atom is 0.573 e. The van der Waals surface area contributed by atoms with Gasteiger partial charge in [-0.15, -0.1) is 13.2 Å². The van der Waals surface area contributed by atoms with Crippen LogP contribution in [0.15, 0.2) is 53.4 Å². The van der Waals surface area contributed by atoms with Crippen molar-refractivity contribution in [3.63, 3.8) is 0 Å². The first kappa shape index (κ1) is 24.3. The van der Waals surface area contributed by atoms with Crippen LogP contribution in [0.25, 0.3) is 0 Å². The summed E-state index contributed by atoms with van der Waals surface area (Å²) in [5, 5.41) is 3.27. The van der Waals surface area contributed by atoms with Gasteiger partial charge in [-0.2, -0.15) is 0 Å². The lowest BCUT2D eigenvalue weighted by Gasteiger charge is -2.35. The molecule has 1 spiro atoms.